The zero-order valence-corrected chi connectivity index (χ0v) is 20.6. The third kappa shape index (κ3) is 6.21. The van der Waals surface area contributed by atoms with Gasteiger partial charge in [-0.1, -0.05) is 6.07 Å². The Morgan fingerprint density at radius 3 is 2.42 bits per heavy atom. The van der Waals surface area contributed by atoms with Gasteiger partial charge >= 0.3 is 0 Å². The number of amides is 2. The highest BCUT2D eigenvalue weighted by Gasteiger charge is 2.14. The number of aryl methyl sites for hydroxylation is 1. The van der Waals surface area contributed by atoms with Crippen molar-refractivity contribution < 1.29 is 14.7 Å². The number of aromatic nitrogens is 3. The Hall–Kier alpha value is -5.45. The number of allylic oxidation sites excluding steroid dienone is 1. The molecule has 0 bridgehead atoms. The lowest BCUT2D eigenvalue weighted by atomic mass is 10.1. The maximum absolute atomic E-state index is 12.8. The predicted octanol–water partition coefficient (Wildman–Crippen LogP) is 5.60. The molecular formula is C27H24N8O3. The van der Waals surface area contributed by atoms with Gasteiger partial charge in [-0.25, -0.2) is 15.5 Å². The summed E-state index contributed by atoms with van der Waals surface area (Å²) in [6, 6.07) is 17.2. The van der Waals surface area contributed by atoms with E-state index in [1.165, 1.54) is 19.1 Å². The topological polar surface area (TPSA) is 165 Å². The molecule has 2 aromatic heterocycles. The van der Waals surface area contributed by atoms with E-state index in [2.05, 4.69) is 36.0 Å². The maximum Gasteiger partial charge on any atom is 0.279 e. The molecule has 0 aliphatic carbocycles. The van der Waals surface area contributed by atoms with Crippen LogP contribution in [0.3, 0.4) is 0 Å². The van der Waals surface area contributed by atoms with Crippen molar-refractivity contribution >= 4 is 34.8 Å². The molecule has 2 heterocycles. The van der Waals surface area contributed by atoms with E-state index in [9.17, 15) is 14.7 Å². The first kappa shape index (κ1) is 25.6. The number of carbonyl (C=O) groups excluding carboxylic acids is 2. The Bertz CT molecular complexity index is 1520. The van der Waals surface area contributed by atoms with Crippen molar-refractivity contribution in [3.05, 3.63) is 102 Å². The minimum absolute atomic E-state index is 0.347. The maximum atomic E-state index is 12.8. The average molecular weight is 509 g/mol. The first-order valence-electron chi connectivity index (χ1n) is 11.4. The van der Waals surface area contributed by atoms with Crippen molar-refractivity contribution in [1.29, 1.82) is 5.53 Å². The molecule has 11 heteroatoms. The van der Waals surface area contributed by atoms with E-state index in [1.807, 2.05) is 25.1 Å². The van der Waals surface area contributed by atoms with Crippen LogP contribution in [-0.2, 0) is 4.79 Å². The van der Waals surface area contributed by atoms with Crippen LogP contribution in [0.2, 0.25) is 0 Å². The molecule has 2 amide bonds. The second-order valence-corrected chi connectivity index (χ2v) is 8.19. The van der Waals surface area contributed by atoms with E-state index in [1.54, 1.807) is 48.9 Å². The number of pyridine rings is 1. The van der Waals surface area contributed by atoms with Gasteiger partial charge in [0, 0.05) is 46.8 Å². The average Bonchev–Trinajstić information content (AvgIpc) is 2.92. The van der Waals surface area contributed by atoms with Gasteiger partial charge in [0.2, 0.25) is 5.95 Å². The van der Waals surface area contributed by atoms with E-state index in [-0.39, 0.29) is 11.7 Å². The zero-order chi connectivity index (χ0) is 27.1. The Morgan fingerprint density at radius 1 is 0.974 bits per heavy atom. The largest absolute Gasteiger partial charge is 0.510 e. The molecule has 38 heavy (non-hydrogen) atoms. The van der Waals surface area contributed by atoms with Gasteiger partial charge in [-0.3, -0.25) is 14.6 Å². The van der Waals surface area contributed by atoms with Gasteiger partial charge in [0.1, 0.15) is 5.76 Å². The van der Waals surface area contributed by atoms with Crippen molar-refractivity contribution in [2.24, 2.45) is 5.11 Å². The van der Waals surface area contributed by atoms with Crippen molar-refractivity contribution in [3.63, 3.8) is 0 Å². The van der Waals surface area contributed by atoms with E-state index in [0.29, 0.717) is 22.9 Å². The van der Waals surface area contributed by atoms with Gasteiger partial charge in [0.15, 0.2) is 5.70 Å². The van der Waals surface area contributed by atoms with Crippen LogP contribution in [0.25, 0.3) is 11.3 Å². The molecule has 5 N–H and O–H groups in total. The fourth-order valence-corrected chi connectivity index (χ4v) is 3.44. The predicted molar refractivity (Wildman–Crippen MR) is 143 cm³/mol. The Morgan fingerprint density at radius 2 is 1.74 bits per heavy atom. The van der Waals surface area contributed by atoms with Crippen LogP contribution in [-0.4, -0.2) is 31.9 Å². The van der Waals surface area contributed by atoms with Gasteiger partial charge in [-0.15, -0.1) is 5.11 Å². The lowest BCUT2D eigenvalue weighted by Crippen LogP contribution is -2.15. The normalized spacial score (nSPS) is 11.2. The molecule has 0 fully saturated rings. The van der Waals surface area contributed by atoms with E-state index in [4.69, 9.17) is 5.53 Å². The van der Waals surface area contributed by atoms with Crippen LogP contribution in [0.5, 0.6) is 0 Å². The zero-order valence-electron chi connectivity index (χ0n) is 20.6. The fraction of sp³-hybridized carbons (Fsp3) is 0.0741. The number of hydrogen-bond donors (Lipinski definition) is 5. The van der Waals surface area contributed by atoms with E-state index < -0.39 is 11.6 Å². The molecule has 0 saturated heterocycles. The molecule has 11 nitrogen and oxygen atoms in total. The summed E-state index contributed by atoms with van der Waals surface area (Å²) in [7, 11) is 0. The molecule has 0 radical (unpaired) electrons. The lowest BCUT2D eigenvalue weighted by molar-refractivity contribution is -0.113. The van der Waals surface area contributed by atoms with Gasteiger partial charge in [0.25, 0.3) is 11.8 Å². The summed E-state index contributed by atoms with van der Waals surface area (Å²) < 4.78 is 0. The summed E-state index contributed by atoms with van der Waals surface area (Å²) in [5.41, 5.74) is 11.2. The molecule has 0 saturated carbocycles. The summed E-state index contributed by atoms with van der Waals surface area (Å²) in [4.78, 5) is 37.9. The van der Waals surface area contributed by atoms with E-state index in [0.717, 1.165) is 22.5 Å². The fourth-order valence-electron chi connectivity index (χ4n) is 3.44. The third-order valence-corrected chi connectivity index (χ3v) is 5.43. The molecular weight excluding hydrogens is 484 g/mol. The molecule has 0 spiro atoms. The number of aliphatic hydroxyl groups excluding tert-OH is 1. The first-order valence-corrected chi connectivity index (χ1v) is 11.4. The second-order valence-electron chi connectivity index (χ2n) is 8.19. The molecule has 0 atom stereocenters. The first-order chi connectivity index (χ1) is 18.3. The number of carbonyl (C=O) groups is 2. The Kier molecular flexibility index (Phi) is 7.77. The smallest absolute Gasteiger partial charge is 0.279 e. The number of rotatable bonds is 8. The number of nitrogens with one attached hydrogen (secondary N) is 4. The number of anilines is 4. The van der Waals surface area contributed by atoms with Gasteiger partial charge < -0.3 is 21.1 Å². The summed E-state index contributed by atoms with van der Waals surface area (Å²) >= 11 is 0. The van der Waals surface area contributed by atoms with Crippen LogP contribution in [0.4, 0.5) is 23.0 Å². The SMILES string of the molecule is C/C(O)=C(\N=N)C(=O)Nc1ccc(C(=O)Nc2ccc(C)c(Nc3nccc(-c4cccnc4)n3)c2)cc1. The van der Waals surface area contributed by atoms with Crippen LogP contribution in [0.15, 0.2) is 95.8 Å². The number of aliphatic hydroxyl groups is 1. The summed E-state index contributed by atoms with van der Waals surface area (Å²) in [6.45, 7) is 3.19. The van der Waals surface area contributed by atoms with Crippen LogP contribution in [0, 0.1) is 12.5 Å². The van der Waals surface area contributed by atoms with Gasteiger partial charge in [-0.05, 0) is 74.0 Å². The van der Waals surface area contributed by atoms with Crippen LogP contribution >= 0.6 is 0 Å². The molecule has 0 aliphatic heterocycles. The lowest BCUT2D eigenvalue weighted by Gasteiger charge is -2.12. The highest BCUT2D eigenvalue weighted by molar-refractivity contribution is 6.06. The van der Waals surface area contributed by atoms with Crippen molar-refractivity contribution in [2.45, 2.75) is 13.8 Å². The molecule has 4 rings (SSSR count). The number of nitrogens with zero attached hydrogens (tertiary/aromatic N) is 4. The minimum Gasteiger partial charge on any atom is -0.510 e. The Labute approximate surface area is 218 Å². The number of benzene rings is 2. The second kappa shape index (κ2) is 11.5. The quantitative estimate of drug-likeness (QED) is 0.117. The highest BCUT2D eigenvalue weighted by Crippen LogP contribution is 2.25. The van der Waals surface area contributed by atoms with E-state index >= 15 is 0 Å². The monoisotopic (exact) mass is 508 g/mol. The molecule has 0 aliphatic rings. The molecule has 4 aromatic rings. The molecule has 190 valence electrons. The molecule has 0 unspecified atom stereocenters. The Balaban J connectivity index is 1.45. The summed E-state index contributed by atoms with van der Waals surface area (Å²) in [6.07, 6.45) is 5.09. The highest BCUT2D eigenvalue weighted by atomic mass is 16.3. The number of hydrogen-bond acceptors (Lipinski definition) is 9. The van der Waals surface area contributed by atoms with Crippen molar-refractivity contribution in [3.8, 4) is 11.3 Å². The van der Waals surface area contributed by atoms with Gasteiger partial charge in [-0.2, -0.15) is 0 Å². The minimum atomic E-state index is -0.730. The molecule has 2 aromatic carbocycles. The van der Waals surface area contributed by atoms with Crippen LogP contribution < -0.4 is 16.0 Å². The standard InChI is InChI=1S/C27H24N8O3/c1-16-5-8-21(14-23(16)34-27-30-13-11-22(33-27)19-4-3-12-29-15-19)32-25(37)18-6-9-20(10-7-18)31-26(38)24(35-28)17(2)36/h3-15,28,36H,1-2H3,(H,31,38)(H,32,37)(H,30,33,34)/b24-17+,35-28?. The van der Waals surface area contributed by atoms with Gasteiger partial charge in [0.05, 0.1) is 5.69 Å². The third-order valence-electron chi connectivity index (χ3n) is 5.43. The van der Waals surface area contributed by atoms with Crippen molar-refractivity contribution in [2.75, 3.05) is 16.0 Å². The summed E-state index contributed by atoms with van der Waals surface area (Å²) in [5, 5.41) is 21.0. The van der Waals surface area contributed by atoms with Crippen LogP contribution in [0.1, 0.15) is 22.8 Å². The van der Waals surface area contributed by atoms with Crippen molar-refractivity contribution in [1.82, 2.24) is 15.0 Å². The summed E-state index contributed by atoms with van der Waals surface area (Å²) in [5.74, 6) is -1.04.